The highest BCUT2D eigenvalue weighted by atomic mass is 16.5. The predicted molar refractivity (Wildman–Crippen MR) is 114 cm³/mol. The van der Waals surface area contributed by atoms with Gasteiger partial charge in [-0.15, -0.1) is 0 Å². The summed E-state index contributed by atoms with van der Waals surface area (Å²) in [5, 5.41) is 7.06. The molecule has 0 amide bonds. The normalized spacial score (nSPS) is 23.4. The number of benzene rings is 1. The Morgan fingerprint density at radius 3 is 2.64 bits per heavy atom. The van der Waals surface area contributed by atoms with Gasteiger partial charge in [-0.25, -0.2) is 0 Å². The molecule has 2 aliphatic heterocycles. The highest BCUT2D eigenvalue weighted by molar-refractivity contribution is 5.79. The van der Waals surface area contributed by atoms with Crippen LogP contribution in [0.5, 0.6) is 0 Å². The summed E-state index contributed by atoms with van der Waals surface area (Å²) in [7, 11) is 1.84. The van der Waals surface area contributed by atoms with Crippen molar-refractivity contribution in [1.82, 2.24) is 15.5 Å². The topological polar surface area (TPSA) is 58.1 Å². The molecule has 2 N–H and O–H groups in total. The number of hydrogen-bond acceptors (Lipinski definition) is 4. The zero-order valence-corrected chi connectivity index (χ0v) is 17.6. The van der Waals surface area contributed by atoms with Gasteiger partial charge in [-0.05, 0) is 24.8 Å². The van der Waals surface area contributed by atoms with Crippen molar-refractivity contribution in [1.29, 1.82) is 0 Å². The summed E-state index contributed by atoms with van der Waals surface area (Å²) in [5.74, 6) is 1.88. The van der Waals surface area contributed by atoms with E-state index in [9.17, 15) is 0 Å². The molecule has 0 aliphatic carbocycles. The van der Waals surface area contributed by atoms with Gasteiger partial charge in [-0.3, -0.25) is 9.89 Å². The van der Waals surface area contributed by atoms with Crippen molar-refractivity contribution >= 4 is 5.96 Å². The van der Waals surface area contributed by atoms with Gasteiger partial charge >= 0.3 is 0 Å². The number of guanidine groups is 1. The van der Waals surface area contributed by atoms with Crippen LogP contribution < -0.4 is 10.6 Å². The van der Waals surface area contributed by atoms with E-state index in [1.807, 2.05) is 7.05 Å². The molecule has 28 heavy (non-hydrogen) atoms. The molecular weight excluding hydrogens is 352 g/mol. The molecule has 6 nitrogen and oxygen atoms in total. The lowest BCUT2D eigenvalue weighted by Gasteiger charge is -2.37. The molecule has 0 saturated carbocycles. The minimum absolute atomic E-state index is 0.428. The fourth-order valence-electron chi connectivity index (χ4n) is 4.13. The van der Waals surface area contributed by atoms with Crippen LogP contribution in [0.1, 0.15) is 30.4 Å². The van der Waals surface area contributed by atoms with Crippen molar-refractivity contribution < 1.29 is 9.47 Å². The first kappa shape index (κ1) is 21.1. The highest BCUT2D eigenvalue weighted by Crippen LogP contribution is 2.22. The Labute approximate surface area is 169 Å². The predicted octanol–water partition coefficient (Wildman–Crippen LogP) is 2.00. The summed E-state index contributed by atoms with van der Waals surface area (Å²) in [6, 6.07) is 9.19. The summed E-state index contributed by atoms with van der Waals surface area (Å²) in [5.41, 5.74) is 2.66. The molecule has 0 radical (unpaired) electrons. The van der Waals surface area contributed by atoms with Crippen LogP contribution >= 0.6 is 0 Å². The maximum absolute atomic E-state index is 5.67. The van der Waals surface area contributed by atoms with E-state index in [1.165, 1.54) is 11.1 Å². The minimum Gasteiger partial charge on any atom is -0.381 e. The second-order valence-electron chi connectivity index (χ2n) is 7.99. The average Bonchev–Trinajstić information content (AvgIpc) is 3.25. The van der Waals surface area contributed by atoms with Gasteiger partial charge in [-0.1, -0.05) is 36.8 Å². The van der Waals surface area contributed by atoms with E-state index in [0.717, 1.165) is 65.0 Å². The molecule has 1 aromatic carbocycles. The zero-order chi connectivity index (χ0) is 19.8. The van der Waals surface area contributed by atoms with Crippen molar-refractivity contribution in [3.63, 3.8) is 0 Å². The van der Waals surface area contributed by atoms with Gasteiger partial charge < -0.3 is 20.1 Å². The Kier molecular flexibility index (Phi) is 8.13. The van der Waals surface area contributed by atoms with Gasteiger partial charge in [0.2, 0.25) is 0 Å². The molecule has 1 aromatic rings. The van der Waals surface area contributed by atoms with Crippen molar-refractivity contribution in [2.75, 3.05) is 59.7 Å². The second kappa shape index (κ2) is 10.8. The zero-order valence-electron chi connectivity index (χ0n) is 17.6. The molecule has 0 spiro atoms. The largest absolute Gasteiger partial charge is 0.381 e. The number of rotatable bonds is 7. The van der Waals surface area contributed by atoms with Gasteiger partial charge in [0, 0.05) is 51.8 Å². The van der Waals surface area contributed by atoms with Crippen LogP contribution in [0.15, 0.2) is 29.3 Å². The van der Waals surface area contributed by atoms with Crippen molar-refractivity contribution in [2.24, 2.45) is 10.9 Å². The molecule has 3 unspecified atom stereocenters. The van der Waals surface area contributed by atoms with Gasteiger partial charge in [0.25, 0.3) is 0 Å². The third-order valence-electron chi connectivity index (χ3n) is 5.91. The highest BCUT2D eigenvalue weighted by Gasteiger charge is 2.31. The lowest BCUT2D eigenvalue weighted by molar-refractivity contribution is 0.00246. The van der Waals surface area contributed by atoms with E-state index >= 15 is 0 Å². The second-order valence-corrected chi connectivity index (χ2v) is 7.99. The average molecular weight is 389 g/mol. The fraction of sp³-hybridized carbons (Fsp3) is 0.682. The molecule has 6 heteroatoms. The van der Waals surface area contributed by atoms with E-state index in [4.69, 9.17) is 9.47 Å². The lowest BCUT2D eigenvalue weighted by Crippen LogP contribution is -2.53. The van der Waals surface area contributed by atoms with E-state index in [1.54, 1.807) is 0 Å². The van der Waals surface area contributed by atoms with Gasteiger partial charge in [0.1, 0.15) is 0 Å². The van der Waals surface area contributed by atoms with E-state index in [2.05, 4.69) is 58.6 Å². The molecule has 2 aliphatic rings. The summed E-state index contributed by atoms with van der Waals surface area (Å²) < 4.78 is 11.2. The van der Waals surface area contributed by atoms with Crippen molar-refractivity contribution in [3.8, 4) is 0 Å². The third kappa shape index (κ3) is 5.93. The number of morpholine rings is 1. The van der Waals surface area contributed by atoms with Crippen LogP contribution in [0, 0.1) is 12.8 Å². The molecule has 3 atom stereocenters. The lowest BCUT2D eigenvalue weighted by atomic mass is 9.97. The summed E-state index contributed by atoms with van der Waals surface area (Å²) >= 11 is 0. The molecule has 0 aromatic heterocycles. The van der Waals surface area contributed by atoms with Crippen LogP contribution in [0.4, 0.5) is 0 Å². The monoisotopic (exact) mass is 388 g/mol. The van der Waals surface area contributed by atoms with Crippen LogP contribution in [0.25, 0.3) is 0 Å². The number of aliphatic imine (C=N–C) groups is 1. The molecule has 156 valence electrons. The van der Waals surface area contributed by atoms with Crippen LogP contribution in [0.2, 0.25) is 0 Å². The Balaban J connectivity index is 1.52. The summed E-state index contributed by atoms with van der Waals surface area (Å²) in [6.07, 6.45) is 1.14. The Morgan fingerprint density at radius 2 is 1.96 bits per heavy atom. The van der Waals surface area contributed by atoms with Gasteiger partial charge in [0.05, 0.1) is 19.8 Å². The molecule has 2 heterocycles. The Morgan fingerprint density at radius 1 is 1.18 bits per heavy atom. The van der Waals surface area contributed by atoms with Crippen LogP contribution in [-0.4, -0.2) is 76.6 Å². The Bertz CT molecular complexity index is 625. The van der Waals surface area contributed by atoms with Crippen molar-refractivity contribution in [3.05, 3.63) is 35.4 Å². The maximum Gasteiger partial charge on any atom is 0.191 e. The number of ether oxygens (including phenoxy) is 2. The first-order valence-electron chi connectivity index (χ1n) is 10.6. The van der Waals surface area contributed by atoms with Crippen molar-refractivity contribution in [2.45, 2.75) is 32.2 Å². The van der Waals surface area contributed by atoms with Crippen LogP contribution in [-0.2, 0) is 9.47 Å². The number of nitrogens with one attached hydrogen (secondary N) is 2. The smallest absolute Gasteiger partial charge is 0.191 e. The van der Waals surface area contributed by atoms with Gasteiger partial charge in [0.15, 0.2) is 5.96 Å². The van der Waals surface area contributed by atoms with E-state index < -0.39 is 0 Å². The number of nitrogens with zero attached hydrogens (tertiary/aromatic N) is 2. The van der Waals surface area contributed by atoms with Gasteiger partial charge in [-0.2, -0.15) is 0 Å². The Hall–Kier alpha value is -1.63. The molecule has 3 rings (SSSR count). The SMILES string of the molecule is CN=C(NCC(C)c1cccc(C)c1)NCC(C1CCOC1)N1CCOCC1. The van der Waals surface area contributed by atoms with E-state index in [-0.39, 0.29) is 0 Å². The molecule has 2 fully saturated rings. The maximum atomic E-state index is 5.67. The third-order valence-corrected chi connectivity index (χ3v) is 5.91. The standard InChI is InChI=1S/C22H36N4O2/c1-17-5-4-6-19(13-17)18(2)14-24-22(23-3)25-15-21(20-7-10-28-16-20)26-8-11-27-12-9-26/h4-6,13,18,20-21H,7-12,14-16H2,1-3H3,(H2,23,24,25). The van der Waals surface area contributed by atoms with E-state index in [0.29, 0.717) is 17.9 Å². The summed E-state index contributed by atoms with van der Waals surface area (Å²) in [6.45, 7) is 11.5. The number of aryl methyl sites for hydroxylation is 1. The summed E-state index contributed by atoms with van der Waals surface area (Å²) in [4.78, 5) is 6.99. The number of hydrogen-bond donors (Lipinski definition) is 2. The van der Waals surface area contributed by atoms with Crippen LogP contribution in [0.3, 0.4) is 0 Å². The molecule has 2 saturated heterocycles. The molecule has 0 bridgehead atoms. The minimum atomic E-state index is 0.428. The molecular formula is C22H36N4O2. The first-order valence-corrected chi connectivity index (χ1v) is 10.6. The fourth-order valence-corrected chi connectivity index (χ4v) is 4.13. The quantitative estimate of drug-likeness (QED) is 0.553. The first-order chi connectivity index (χ1) is 13.7.